The molecule has 8 aromatic rings. The molecule has 0 bridgehead atoms. The van der Waals surface area contributed by atoms with Gasteiger partial charge in [-0.1, -0.05) is 48.5 Å². The number of ether oxygens (including phenoxy) is 2. The molecular weight excluding hydrogens is 865 g/mol. The monoisotopic (exact) mass is 906 g/mol. The highest BCUT2D eigenvalue weighted by atomic mass is 16.5. The van der Waals surface area contributed by atoms with Crippen LogP contribution in [0.2, 0.25) is 0 Å². The number of phenols is 10. The van der Waals surface area contributed by atoms with Crippen LogP contribution in [-0.4, -0.2) is 51.1 Å². The molecule has 2 aliphatic carbocycles. The molecule has 12 nitrogen and oxygen atoms in total. The Morgan fingerprint density at radius 3 is 1.24 bits per heavy atom. The molecule has 8 aromatic carbocycles. The van der Waals surface area contributed by atoms with Gasteiger partial charge in [0.05, 0.1) is 11.8 Å². The molecule has 2 aliphatic heterocycles. The van der Waals surface area contributed by atoms with Gasteiger partial charge in [0.15, 0.2) is 0 Å². The summed E-state index contributed by atoms with van der Waals surface area (Å²) in [5.41, 5.74) is 7.24. The van der Waals surface area contributed by atoms with Gasteiger partial charge >= 0.3 is 0 Å². The Bertz CT molecular complexity index is 3310. The van der Waals surface area contributed by atoms with E-state index in [1.165, 1.54) is 30.3 Å². The zero-order valence-corrected chi connectivity index (χ0v) is 35.8. The van der Waals surface area contributed by atoms with Crippen LogP contribution in [0, 0.1) is 0 Å². The quantitative estimate of drug-likeness (QED) is 0.0753. The van der Waals surface area contributed by atoms with Crippen molar-refractivity contribution in [3.63, 3.8) is 0 Å². The Balaban J connectivity index is 1.21. The van der Waals surface area contributed by atoms with Crippen molar-refractivity contribution < 1.29 is 60.5 Å². The summed E-state index contributed by atoms with van der Waals surface area (Å²) < 4.78 is 13.7. The maximum atomic E-state index is 12.7. The van der Waals surface area contributed by atoms with Crippen LogP contribution in [0.5, 0.6) is 69.0 Å². The highest BCUT2D eigenvalue weighted by Gasteiger charge is 2.57. The lowest BCUT2D eigenvalue weighted by Gasteiger charge is -2.35. The summed E-state index contributed by atoms with van der Waals surface area (Å²) >= 11 is 0. The van der Waals surface area contributed by atoms with E-state index < -0.39 is 47.7 Å². The highest BCUT2D eigenvalue weighted by molar-refractivity contribution is 5.74. The van der Waals surface area contributed by atoms with Gasteiger partial charge in [-0.2, -0.15) is 0 Å². The third kappa shape index (κ3) is 6.20. The lowest BCUT2D eigenvalue weighted by molar-refractivity contribution is 0.221. The molecule has 0 amide bonds. The summed E-state index contributed by atoms with van der Waals surface area (Å²) in [7, 11) is 0. The number of aromatic hydroxyl groups is 10. The van der Waals surface area contributed by atoms with Gasteiger partial charge in [-0.3, -0.25) is 0 Å². The van der Waals surface area contributed by atoms with Crippen molar-refractivity contribution >= 4 is 0 Å². The van der Waals surface area contributed by atoms with Crippen molar-refractivity contribution in [2.45, 2.75) is 47.7 Å². The number of fused-ring (bicyclic) bond motifs is 3. The molecule has 0 saturated heterocycles. The minimum absolute atomic E-state index is 0.00343. The molecule has 0 fully saturated rings. The van der Waals surface area contributed by atoms with Crippen molar-refractivity contribution in [3.8, 4) is 69.0 Å². The molecule has 68 heavy (non-hydrogen) atoms. The van der Waals surface area contributed by atoms with E-state index in [1.54, 1.807) is 115 Å². The van der Waals surface area contributed by atoms with Crippen LogP contribution in [0.4, 0.5) is 0 Å². The molecule has 0 spiro atoms. The third-order valence-electron chi connectivity index (χ3n) is 14.4. The minimum atomic E-state index is -0.820. The normalized spacial score (nSPS) is 22.6. The van der Waals surface area contributed by atoms with Crippen molar-refractivity contribution in [3.05, 3.63) is 212 Å². The SMILES string of the molecule is Oc1ccc([C@H]2c3c(O)cc(O)cc3[C@@H]3c4c(cc(O)c5c4[C@H]2[C@@H](c2cc(O)cc4c2[C@@H](c2cc(O)cc(O)c2)[C@H](c2ccc(O)cc2)O4)[C@H]5c2ccc(O)cc2)O[C@H]3c2ccc(O)cc2)cc1. The summed E-state index contributed by atoms with van der Waals surface area (Å²) in [6, 6.07) is 38.5. The Kier molecular flexibility index (Phi) is 8.97. The largest absolute Gasteiger partial charge is 0.508 e. The molecule has 2 heterocycles. The van der Waals surface area contributed by atoms with Crippen molar-refractivity contribution in [2.24, 2.45) is 0 Å². The molecule has 338 valence electrons. The van der Waals surface area contributed by atoms with Gasteiger partial charge in [0.2, 0.25) is 0 Å². The fraction of sp³-hybridized carbons (Fsp3) is 0.143. The van der Waals surface area contributed by atoms with Gasteiger partial charge in [-0.05, 0) is 117 Å². The average molecular weight is 907 g/mol. The van der Waals surface area contributed by atoms with Crippen LogP contribution >= 0.6 is 0 Å². The first kappa shape index (κ1) is 40.8. The zero-order valence-electron chi connectivity index (χ0n) is 35.8. The predicted octanol–water partition coefficient (Wildman–Crippen LogP) is 10.4. The van der Waals surface area contributed by atoms with Crippen LogP contribution in [0.1, 0.15) is 114 Å². The van der Waals surface area contributed by atoms with Crippen molar-refractivity contribution in [1.29, 1.82) is 0 Å². The van der Waals surface area contributed by atoms with Gasteiger partial charge in [-0.25, -0.2) is 0 Å². The van der Waals surface area contributed by atoms with Crippen LogP contribution in [0.25, 0.3) is 0 Å². The highest BCUT2D eigenvalue weighted by Crippen LogP contribution is 2.72. The summed E-state index contributed by atoms with van der Waals surface area (Å²) in [6.45, 7) is 0. The Morgan fingerprint density at radius 1 is 0.265 bits per heavy atom. The molecule has 12 heteroatoms. The molecular formula is C56H42O12. The maximum Gasteiger partial charge on any atom is 0.135 e. The molecule has 0 aromatic heterocycles. The second-order valence-corrected chi connectivity index (χ2v) is 18.2. The molecule has 4 aliphatic rings. The Morgan fingerprint density at radius 2 is 0.691 bits per heavy atom. The Labute approximate surface area is 388 Å². The van der Waals surface area contributed by atoms with Gasteiger partial charge in [0, 0.05) is 70.2 Å². The average Bonchev–Trinajstić information content (AvgIpc) is 3.96. The van der Waals surface area contributed by atoms with Crippen LogP contribution < -0.4 is 9.47 Å². The molecule has 0 radical (unpaired) electrons. The van der Waals surface area contributed by atoms with E-state index in [9.17, 15) is 51.1 Å². The fourth-order valence-electron chi connectivity index (χ4n) is 12.0. The van der Waals surface area contributed by atoms with E-state index in [0.29, 0.717) is 78.3 Å². The predicted molar refractivity (Wildman–Crippen MR) is 248 cm³/mol. The van der Waals surface area contributed by atoms with Gasteiger partial charge in [0.25, 0.3) is 0 Å². The van der Waals surface area contributed by atoms with Crippen molar-refractivity contribution in [2.75, 3.05) is 0 Å². The molecule has 8 atom stereocenters. The van der Waals surface area contributed by atoms with E-state index >= 15 is 0 Å². The van der Waals surface area contributed by atoms with E-state index in [4.69, 9.17) is 9.47 Å². The van der Waals surface area contributed by atoms with E-state index in [2.05, 4.69) is 0 Å². The number of benzene rings is 8. The minimum Gasteiger partial charge on any atom is -0.508 e. The van der Waals surface area contributed by atoms with Crippen LogP contribution in [0.15, 0.2) is 146 Å². The lowest BCUT2D eigenvalue weighted by Crippen LogP contribution is -2.22. The standard InChI is InChI=1S/C56H42O12/c57-30-9-1-25(2-10-30)44-47-38(20-36(63)22-40(47)65)50-52-43(68-56(50)28-7-15-33(60)16-8-28)24-41(66)51-45(26-3-11-31(58)12-4-26)49(53(44)54(51)52)39-21-37(64)23-42-48(39)46(29-17-34(61)19-35(62)18-29)55(67-42)27-5-13-32(59)14-6-27/h1-24,44-46,49-50,53,55-66H/t44-,45+,46+,49-,50+,53+,55-,56-/m0/s1. The smallest absolute Gasteiger partial charge is 0.135 e. The number of rotatable bonds is 6. The topological polar surface area (TPSA) is 221 Å². The second kappa shape index (κ2) is 14.9. The van der Waals surface area contributed by atoms with Crippen LogP contribution in [-0.2, 0) is 0 Å². The van der Waals surface area contributed by atoms with E-state index in [-0.39, 0.29) is 57.5 Å². The fourth-order valence-corrected chi connectivity index (χ4v) is 12.0. The first-order chi connectivity index (χ1) is 32.8. The Hall–Kier alpha value is -8.64. The molecule has 0 unspecified atom stereocenters. The summed E-state index contributed by atoms with van der Waals surface area (Å²) in [5, 5.41) is 113. The third-order valence-corrected chi connectivity index (χ3v) is 14.4. The van der Waals surface area contributed by atoms with Gasteiger partial charge in [-0.15, -0.1) is 0 Å². The molecule has 10 N–H and O–H groups in total. The molecule has 0 saturated carbocycles. The maximum absolute atomic E-state index is 12.7. The van der Waals surface area contributed by atoms with E-state index in [1.807, 2.05) is 0 Å². The van der Waals surface area contributed by atoms with Gasteiger partial charge < -0.3 is 60.5 Å². The molecule has 12 rings (SSSR count). The first-order valence-corrected chi connectivity index (χ1v) is 22.2. The van der Waals surface area contributed by atoms with Crippen LogP contribution in [0.3, 0.4) is 0 Å². The van der Waals surface area contributed by atoms with Gasteiger partial charge in [0.1, 0.15) is 81.2 Å². The van der Waals surface area contributed by atoms with Crippen molar-refractivity contribution in [1.82, 2.24) is 0 Å². The number of hydrogen-bond acceptors (Lipinski definition) is 12. The number of hydrogen-bond donors (Lipinski definition) is 10. The summed E-state index contributed by atoms with van der Waals surface area (Å²) in [5.74, 6) is -4.85. The van der Waals surface area contributed by atoms with E-state index in [0.717, 1.165) is 0 Å². The summed E-state index contributed by atoms with van der Waals surface area (Å²) in [4.78, 5) is 0. The number of phenolic OH excluding ortho intramolecular Hbond substituents is 10. The first-order valence-electron chi connectivity index (χ1n) is 22.2. The zero-order chi connectivity index (χ0) is 46.9. The second-order valence-electron chi connectivity index (χ2n) is 18.2. The summed E-state index contributed by atoms with van der Waals surface area (Å²) in [6.07, 6.45) is -1.60. The lowest BCUT2D eigenvalue weighted by atomic mass is 9.67.